The Morgan fingerprint density at radius 3 is 2.21 bits per heavy atom. The number of hydrogen-bond donors (Lipinski definition) is 0. The molecule has 0 N–H and O–H groups in total. The van der Waals surface area contributed by atoms with E-state index in [1.165, 1.54) is 6.26 Å². The Labute approximate surface area is 84.4 Å². The third-order valence-corrected chi connectivity index (χ3v) is 1.07. The van der Waals surface area contributed by atoms with Crippen molar-refractivity contribution in [3.8, 4) is 0 Å². The van der Waals surface area contributed by atoms with Gasteiger partial charge in [-0.15, -0.1) is 0 Å². The quantitative estimate of drug-likeness (QED) is 0.249. The van der Waals surface area contributed by atoms with E-state index < -0.39 is 0 Å². The Balaban J connectivity index is 3.72. The van der Waals surface area contributed by atoms with Crippen molar-refractivity contribution in [2.24, 2.45) is 0 Å². The maximum absolute atomic E-state index is 5.02. The summed E-state index contributed by atoms with van der Waals surface area (Å²) in [6, 6.07) is 0. The molecule has 5 heteroatoms. The summed E-state index contributed by atoms with van der Waals surface area (Å²) in [4.78, 5) is 19.1. The molecule has 0 aromatic heterocycles. The van der Waals surface area contributed by atoms with Crippen molar-refractivity contribution in [3.05, 3.63) is 12.0 Å². The van der Waals surface area contributed by atoms with Gasteiger partial charge in [0.25, 0.3) is 0 Å². The van der Waals surface area contributed by atoms with E-state index in [1.54, 1.807) is 0 Å². The molecule has 5 nitrogen and oxygen atoms in total. The van der Waals surface area contributed by atoms with Crippen molar-refractivity contribution in [3.63, 3.8) is 0 Å². The molecule has 0 amide bonds. The van der Waals surface area contributed by atoms with Crippen molar-refractivity contribution in [1.29, 1.82) is 0 Å². The van der Waals surface area contributed by atoms with E-state index in [4.69, 9.17) is 24.3 Å². The van der Waals surface area contributed by atoms with Crippen LogP contribution in [0.5, 0.6) is 0 Å². The van der Waals surface area contributed by atoms with E-state index in [0.29, 0.717) is 25.6 Å². The number of rotatable bonds is 9. The second kappa shape index (κ2) is 10.3. The first-order chi connectivity index (χ1) is 6.85. The van der Waals surface area contributed by atoms with Gasteiger partial charge < -0.3 is 9.62 Å². The lowest BCUT2D eigenvalue weighted by molar-refractivity contribution is -0.315. The van der Waals surface area contributed by atoms with Gasteiger partial charge in [0.05, 0.1) is 19.8 Å². The Morgan fingerprint density at radius 1 is 0.929 bits per heavy atom. The molecule has 0 atom stereocenters. The maximum atomic E-state index is 5.02. The van der Waals surface area contributed by atoms with Crippen LogP contribution in [0.1, 0.15) is 20.8 Å². The number of hydrogen-bond acceptors (Lipinski definition) is 5. The van der Waals surface area contributed by atoms with Crippen LogP contribution in [0, 0.1) is 0 Å². The molecule has 0 aliphatic heterocycles. The molecule has 0 heterocycles. The molecule has 0 rings (SSSR count). The second-order valence-electron chi connectivity index (χ2n) is 2.20. The Kier molecular flexibility index (Phi) is 9.73. The van der Waals surface area contributed by atoms with Crippen molar-refractivity contribution in [2.75, 3.05) is 26.4 Å². The highest BCUT2D eigenvalue weighted by molar-refractivity contribution is 4.85. The molecule has 0 fully saturated rings. The zero-order valence-corrected chi connectivity index (χ0v) is 8.95. The molecule has 14 heavy (non-hydrogen) atoms. The molecule has 0 aliphatic rings. The maximum Gasteiger partial charge on any atom is 0.205 e. The predicted molar refractivity (Wildman–Crippen MR) is 50.0 cm³/mol. The van der Waals surface area contributed by atoms with Crippen molar-refractivity contribution in [2.45, 2.75) is 20.8 Å². The Hall–Kier alpha value is -0.780. The van der Waals surface area contributed by atoms with Gasteiger partial charge in [-0.3, -0.25) is 0 Å². The van der Waals surface area contributed by atoms with Gasteiger partial charge in [-0.25, -0.2) is 9.78 Å². The van der Waals surface area contributed by atoms with Crippen LogP contribution in [0.2, 0.25) is 0 Å². The zero-order valence-electron chi connectivity index (χ0n) is 8.95. The summed E-state index contributed by atoms with van der Waals surface area (Å²) in [5, 5.41) is 0. The topological polar surface area (TPSA) is 46.2 Å². The van der Waals surface area contributed by atoms with Crippen LogP contribution in [-0.2, 0) is 24.3 Å². The molecule has 0 saturated carbocycles. The first kappa shape index (κ1) is 13.2. The average molecular weight is 206 g/mol. The van der Waals surface area contributed by atoms with Crippen LogP contribution >= 0.6 is 0 Å². The van der Waals surface area contributed by atoms with Gasteiger partial charge in [0, 0.05) is 0 Å². The monoisotopic (exact) mass is 206 g/mol. The van der Waals surface area contributed by atoms with Gasteiger partial charge in [0.1, 0.15) is 12.9 Å². The van der Waals surface area contributed by atoms with Gasteiger partial charge >= 0.3 is 0 Å². The molecular formula is C9H18O5. The van der Waals surface area contributed by atoms with E-state index in [1.807, 2.05) is 20.8 Å². The minimum absolute atomic E-state index is 0.161. The van der Waals surface area contributed by atoms with E-state index >= 15 is 0 Å². The summed E-state index contributed by atoms with van der Waals surface area (Å²) in [5.74, 6) is 0.433. The second-order valence-corrected chi connectivity index (χ2v) is 2.20. The van der Waals surface area contributed by atoms with E-state index in [2.05, 4.69) is 0 Å². The molecule has 0 aliphatic carbocycles. The molecule has 0 aromatic rings. The summed E-state index contributed by atoms with van der Waals surface area (Å²) in [7, 11) is 0. The highest BCUT2D eigenvalue weighted by Crippen LogP contribution is 2.00. The highest BCUT2D eigenvalue weighted by atomic mass is 17.2. The van der Waals surface area contributed by atoms with Crippen molar-refractivity contribution >= 4 is 0 Å². The zero-order chi connectivity index (χ0) is 10.6. The standard InChI is InChI=1S/C9H18O5/c1-4-10-7-9(14-12-6-3)8-13-11-5-2/h7H,4-6,8H2,1-3H3/b9-7+. The van der Waals surface area contributed by atoms with Gasteiger partial charge in [0.2, 0.25) is 5.76 Å². The van der Waals surface area contributed by atoms with Crippen LogP contribution in [0.4, 0.5) is 0 Å². The summed E-state index contributed by atoms with van der Waals surface area (Å²) in [6.07, 6.45) is 1.44. The number of ether oxygens (including phenoxy) is 1. The van der Waals surface area contributed by atoms with Crippen LogP contribution in [0.3, 0.4) is 0 Å². The highest BCUT2D eigenvalue weighted by Gasteiger charge is 2.01. The van der Waals surface area contributed by atoms with Crippen LogP contribution in [0.25, 0.3) is 0 Å². The van der Waals surface area contributed by atoms with Gasteiger partial charge in [-0.05, 0) is 20.8 Å². The van der Waals surface area contributed by atoms with Crippen LogP contribution in [-0.4, -0.2) is 26.4 Å². The third kappa shape index (κ3) is 7.85. The van der Waals surface area contributed by atoms with Crippen molar-refractivity contribution in [1.82, 2.24) is 0 Å². The molecule has 84 valence electrons. The van der Waals surface area contributed by atoms with Gasteiger partial charge in [0.15, 0.2) is 0 Å². The van der Waals surface area contributed by atoms with Crippen LogP contribution in [0.15, 0.2) is 12.0 Å². The summed E-state index contributed by atoms with van der Waals surface area (Å²) in [5.41, 5.74) is 0. The van der Waals surface area contributed by atoms with Gasteiger partial charge in [-0.2, -0.15) is 4.89 Å². The van der Waals surface area contributed by atoms with Crippen LogP contribution < -0.4 is 0 Å². The molecule has 0 saturated heterocycles. The van der Waals surface area contributed by atoms with E-state index in [9.17, 15) is 0 Å². The molecule has 0 unspecified atom stereocenters. The lowest BCUT2D eigenvalue weighted by Gasteiger charge is -2.07. The molecular weight excluding hydrogens is 188 g/mol. The average Bonchev–Trinajstić information content (AvgIpc) is 2.21. The minimum atomic E-state index is 0.161. The lowest BCUT2D eigenvalue weighted by atomic mass is 10.6. The Morgan fingerprint density at radius 2 is 1.64 bits per heavy atom. The fourth-order valence-electron chi connectivity index (χ4n) is 0.572. The molecule has 0 spiro atoms. The fourth-order valence-corrected chi connectivity index (χ4v) is 0.572. The smallest absolute Gasteiger partial charge is 0.205 e. The lowest BCUT2D eigenvalue weighted by Crippen LogP contribution is -2.05. The van der Waals surface area contributed by atoms with E-state index in [-0.39, 0.29) is 6.61 Å². The SMILES string of the molecule is CCO/C=C(\COOCC)OOCC. The molecule has 0 bridgehead atoms. The fraction of sp³-hybridized carbons (Fsp3) is 0.778. The first-order valence-electron chi connectivity index (χ1n) is 4.69. The molecule has 0 aromatic carbocycles. The van der Waals surface area contributed by atoms with Crippen molar-refractivity contribution < 1.29 is 24.3 Å². The first-order valence-corrected chi connectivity index (χ1v) is 4.69. The summed E-state index contributed by atoms with van der Waals surface area (Å²) < 4.78 is 5.02. The molecule has 0 radical (unpaired) electrons. The van der Waals surface area contributed by atoms with Gasteiger partial charge in [-0.1, -0.05) is 0 Å². The normalized spacial score (nSPS) is 11.5. The summed E-state index contributed by atoms with van der Waals surface area (Å²) >= 11 is 0. The third-order valence-electron chi connectivity index (χ3n) is 1.07. The minimum Gasteiger partial charge on any atom is -0.498 e. The largest absolute Gasteiger partial charge is 0.498 e. The Bertz CT molecular complexity index is 146. The summed E-state index contributed by atoms with van der Waals surface area (Å²) in [6.45, 7) is 7.19. The van der Waals surface area contributed by atoms with E-state index in [0.717, 1.165) is 0 Å². The predicted octanol–water partition coefficient (Wildman–Crippen LogP) is 1.80.